The van der Waals surface area contributed by atoms with Gasteiger partial charge in [-0.15, -0.1) is 0 Å². The van der Waals surface area contributed by atoms with Crippen LogP contribution < -0.4 is 85.1 Å². The number of anilines is 16. The Bertz CT molecular complexity index is 5600. The molecular formula is C90H84N16O16. The van der Waals surface area contributed by atoms with E-state index < -0.39 is 184 Å². The molecule has 32 nitrogen and oxygen atoms in total. The maximum Gasteiger partial charge on any atom is 0.241 e. The van der Waals surface area contributed by atoms with Gasteiger partial charge in [-0.1, -0.05) is 0 Å². The predicted molar refractivity (Wildman–Crippen MR) is 449 cm³/mol. The highest BCUT2D eigenvalue weighted by Crippen LogP contribution is 2.85. The minimum atomic E-state index is -1.40. The van der Waals surface area contributed by atoms with Gasteiger partial charge in [0.2, 0.25) is 94.5 Å². The second kappa shape index (κ2) is 25.4. The largest absolute Gasteiger partial charge is 0.399 e. The Morgan fingerprint density at radius 1 is 0.180 bits per heavy atom. The Kier molecular flexibility index (Phi) is 16.6. The zero-order valence-electron chi connectivity index (χ0n) is 67.7. The number of carbonyl (C=O) groups excluding carboxylic acids is 16. The van der Waals surface area contributed by atoms with E-state index in [1.807, 2.05) is 0 Å². The van der Waals surface area contributed by atoms with Gasteiger partial charge in [0.15, 0.2) is 0 Å². The third kappa shape index (κ3) is 9.07. The van der Waals surface area contributed by atoms with Crippen LogP contribution in [0.15, 0.2) is 194 Å². The molecule has 8 unspecified atom stereocenters. The van der Waals surface area contributed by atoms with Gasteiger partial charge in [-0.05, 0) is 263 Å². The number of hydrogen-bond acceptors (Lipinski definition) is 24. The first-order chi connectivity index (χ1) is 57.3. The molecule has 8 heterocycles. The number of carbonyl (C=O) groups is 16. The van der Waals surface area contributed by atoms with Gasteiger partial charge >= 0.3 is 0 Å². The summed E-state index contributed by atoms with van der Waals surface area (Å²) < 4.78 is 0. The Labute approximate surface area is 696 Å². The highest BCUT2D eigenvalue weighted by Gasteiger charge is 2.97. The number of amides is 16. The van der Waals surface area contributed by atoms with Gasteiger partial charge < -0.3 is 45.9 Å². The van der Waals surface area contributed by atoms with Crippen molar-refractivity contribution in [1.29, 1.82) is 0 Å². The van der Waals surface area contributed by atoms with Gasteiger partial charge in [0.05, 0.1) is 135 Å². The van der Waals surface area contributed by atoms with E-state index in [0.29, 0.717) is 91.0 Å². The van der Waals surface area contributed by atoms with Crippen LogP contribution in [0, 0.1) is 89.7 Å². The first-order valence-electron chi connectivity index (χ1n) is 39.2. The summed E-state index contributed by atoms with van der Waals surface area (Å²) in [4.78, 5) is 224. The third-order valence-corrected chi connectivity index (χ3v) is 30.2. The van der Waals surface area contributed by atoms with Crippen molar-refractivity contribution < 1.29 is 76.7 Å². The molecule has 8 aromatic carbocycles. The standard InChI is InChI=1S/C24H24N4O4.3C22H20N4O4/c1-21-17(29)27(15-9-5-13(25)6-10-15)18(30)22(21,2)24(4)20(32)28(19(31)23(21,24)3)16-11-7-14(26)8-12-16;1-21-15(17(27)25(19(21)29)13-7-3-11(23)4-8-13)22(2)16(21)18(28)26(20(22)30)14-9-5-12(24)6-10-14;1-21-15(17(27)25(19(21)29)13-7-3-11(23)4-8-13)16-18(28)26(20(30)22(16,21)2)14-9-5-12(24)6-10-14;1-21-15-16(18(28)25(17(15)27)13-7-3-11(23)4-8-13)22(21,2)20(30)26(19(21)29)14-9-5-12(24)6-10-14/h5-12H,25-26H2,1-4H3;3*3-10,15-16H,23-24H2,1-2H3. The molecular weight excluding hydrogens is 1560 g/mol. The fraction of sp³-hybridized carbons (Fsp3) is 0.289. The molecule has 16 amide bonds. The Balaban J connectivity index is 0.000000116. The van der Waals surface area contributed by atoms with Crippen LogP contribution in [0.4, 0.5) is 91.0 Å². The lowest BCUT2D eigenvalue weighted by atomic mass is 9.27. The van der Waals surface area contributed by atoms with Crippen molar-refractivity contribution in [3.8, 4) is 0 Å². The summed E-state index contributed by atoms with van der Waals surface area (Å²) in [5.41, 5.74) is 39.4. The lowest BCUT2D eigenvalue weighted by molar-refractivity contribution is -0.243. The molecule has 122 heavy (non-hydrogen) atoms. The van der Waals surface area contributed by atoms with Crippen molar-refractivity contribution in [2.24, 2.45) is 89.7 Å². The molecule has 0 bridgehead atoms. The van der Waals surface area contributed by atoms with Crippen LogP contribution in [0.25, 0.3) is 0 Å². The van der Waals surface area contributed by atoms with E-state index in [0.717, 1.165) is 39.2 Å². The second-order valence-corrected chi connectivity index (χ2v) is 35.1. The molecule has 20 rings (SSSR count). The number of nitrogen functional groups attached to an aromatic ring is 8. The molecule has 0 spiro atoms. The highest BCUT2D eigenvalue weighted by molar-refractivity contribution is 6.40. The average Bonchev–Trinajstić information content (AvgIpc) is 1.42. The first kappa shape index (κ1) is 79.7. The van der Waals surface area contributed by atoms with E-state index in [4.69, 9.17) is 45.9 Å². The highest BCUT2D eigenvalue weighted by atomic mass is 16.2. The molecule has 4 saturated carbocycles. The van der Waals surface area contributed by atoms with Gasteiger partial charge in [0, 0.05) is 45.5 Å². The van der Waals surface area contributed by atoms with Crippen LogP contribution in [-0.2, 0) is 76.7 Å². The van der Waals surface area contributed by atoms with Gasteiger partial charge in [-0.25, -0.2) is 39.2 Å². The lowest BCUT2D eigenvalue weighted by Crippen LogP contribution is -2.77. The number of hydrogen-bond donors (Lipinski definition) is 8. The Hall–Kier alpha value is -14.7. The Morgan fingerprint density at radius 2 is 0.320 bits per heavy atom. The number of imide groups is 8. The summed E-state index contributed by atoms with van der Waals surface area (Å²) in [5, 5.41) is 0. The van der Waals surface area contributed by atoms with Gasteiger partial charge in [-0.3, -0.25) is 76.7 Å². The summed E-state index contributed by atoms with van der Waals surface area (Å²) in [6, 6.07) is 51.0. The first-order valence-corrected chi connectivity index (χ1v) is 39.2. The van der Waals surface area contributed by atoms with Crippen LogP contribution >= 0.6 is 0 Å². The van der Waals surface area contributed by atoms with Crippen LogP contribution in [0.5, 0.6) is 0 Å². The van der Waals surface area contributed by atoms with Crippen molar-refractivity contribution >= 4 is 186 Å². The zero-order chi connectivity index (χ0) is 88.2. The van der Waals surface area contributed by atoms with E-state index >= 15 is 0 Å². The van der Waals surface area contributed by atoms with Crippen LogP contribution in [0.2, 0.25) is 0 Å². The van der Waals surface area contributed by atoms with Gasteiger partial charge in [0.25, 0.3) is 0 Å². The van der Waals surface area contributed by atoms with E-state index in [9.17, 15) is 76.7 Å². The van der Waals surface area contributed by atoms with E-state index in [2.05, 4.69) is 0 Å². The van der Waals surface area contributed by atoms with Crippen LogP contribution in [0.3, 0.4) is 0 Å². The number of nitrogens with two attached hydrogens (primary N) is 8. The van der Waals surface area contributed by atoms with Crippen LogP contribution in [-0.4, -0.2) is 94.5 Å². The summed E-state index contributed by atoms with van der Waals surface area (Å²) in [5.74, 6) is -12.9. The smallest absolute Gasteiger partial charge is 0.241 e. The van der Waals surface area contributed by atoms with Crippen molar-refractivity contribution in [3.05, 3.63) is 194 Å². The number of nitrogens with zero attached hydrogens (tertiary/aromatic N) is 8. The molecule has 8 aromatic rings. The third-order valence-electron chi connectivity index (χ3n) is 30.2. The van der Waals surface area contributed by atoms with Crippen molar-refractivity contribution in [1.82, 2.24) is 0 Å². The fourth-order valence-electron chi connectivity index (χ4n) is 22.9. The molecule has 4 aliphatic carbocycles. The lowest BCUT2D eigenvalue weighted by Gasteiger charge is -2.67. The van der Waals surface area contributed by atoms with Crippen molar-refractivity contribution in [2.45, 2.75) is 69.2 Å². The topological polar surface area (TPSA) is 507 Å². The fourth-order valence-corrected chi connectivity index (χ4v) is 22.9. The van der Waals surface area contributed by atoms with E-state index in [1.165, 1.54) is 0 Å². The maximum atomic E-state index is 13.8. The number of rotatable bonds is 8. The molecule has 0 radical (unpaired) electrons. The second-order valence-electron chi connectivity index (χ2n) is 35.1. The minimum Gasteiger partial charge on any atom is -0.399 e. The van der Waals surface area contributed by atoms with Crippen LogP contribution in [0.1, 0.15) is 69.2 Å². The summed E-state index contributed by atoms with van der Waals surface area (Å²) in [6.07, 6.45) is 0. The molecule has 8 aliphatic heterocycles. The normalized spacial score (nSPS) is 33.2. The van der Waals surface area contributed by atoms with E-state index in [1.54, 1.807) is 263 Å². The van der Waals surface area contributed by atoms with Crippen molar-refractivity contribution in [2.75, 3.05) is 85.1 Å². The molecule has 8 saturated heterocycles. The molecule has 620 valence electrons. The van der Waals surface area contributed by atoms with Crippen molar-refractivity contribution in [3.63, 3.8) is 0 Å². The predicted octanol–water partition coefficient (Wildman–Crippen LogP) is 7.01. The SMILES string of the molecule is CC12C(=O)N(c3ccc(N)cc3)C(=O)C1(C)C1(C)C(=O)N(c3ccc(N)cc3)C(=O)C21C.CC12C(=O)N(c3ccc(N)cc3)C(=O)C1(C)C1C(=O)N(c3ccc(N)cc3)C(=O)C12.CC12C(=O)N(c3ccc(N)cc3)C(=O)C1C1(C)C(=O)N(c3ccc(N)cc3)C(=O)C21.CC12C(=O)N(c3ccc(N)cc3)C(=O)C1C1C(=O)N(c3ccc(N)cc3)C(=O)C12C. The summed E-state index contributed by atoms with van der Waals surface area (Å²) in [7, 11) is 0. The summed E-state index contributed by atoms with van der Waals surface area (Å²) >= 11 is 0. The number of fused-ring (bicyclic) bond motifs is 16. The average molecular weight is 1650 g/mol. The van der Waals surface area contributed by atoms with E-state index in [-0.39, 0.29) is 0 Å². The monoisotopic (exact) mass is 1640 g/mol. The molecule has 8 atom stereocenters. The molecule has 12 aliphatic rings. The minimum absolute atomic E-state index is 0.367. The molecule has 16 N–H and O–H groups in total. The summed E-state index contributed by atoms with van der Waals surface area (Å²) in [6.45, 7) is 16.2. The molecule has 32 heteroatoms. The van der Waals surface area contributed by atoms with Gasteiger partial charge in [-0.2, -0.15) is 0 Å². The Morgan fingerprint density at radius 3 is 0.508 bits per heavy atom. The molecule has 0 aromatic heterocycles. The maximum absolute atomic E-state index is 13.8. The zero-order valence-corrected chi connectivity index (χ0v) is 67.7. The number of benzene rings is 8. The quantitative estimate of drug-likeness (QED) is 0.0560. The molecule has 12 fully saturated rings. The van der Waals surface area contributed by atoms with Gasteiger partial charge in [0.1, 0.15) is 0 Å².